The molecule has 7 heterocycles. The van der Waals surface area contributed by atoms with E-state index >= 15 is 0 Å². The summed E-state index contributed by atoms with van der Waals surface area (Å²) in [7, 11) is 3.16. The van der Waals surface area contributed by atoms with E-state index in [0.717, 1.165) is 22.4 Å². The molecule has 346 valence electrons. The zero-order valence-electron chi connectivity index (χ0n) is 37.0. The van der Waals surface area contributed by atoms with Crippen LogP contribution in [0, 0.1) is 0 Å². The maximum Gasteiger partial charge on any atom is 0.272 e. The van der Waals surface area contributed by atoms with Crippen molar-refractivity contribution in [3.8, 4) is 5.75 Å². The summed E-state index contributed by atoms with van der Waals surface area (Å²) in [4.78, 5) is 26.2. The summed E-state index contributed by atoms with van der Waals surface area (Å²) in [5.41, 5.74) is 7.05. The topological polar surface area (TPSA) is 262 Å². The normalized spacial score (nSPS) is 28.2. The van der Waals surface area contributed by atoms with E-state index in [9.17, 15) is 20.4 Å². The van der Waals surface area contributed by atoms with Gasteiger partial charge in [0.25, 0.3) is 6.48 Å². The maximum atomic E-state index is 10.6. The van der Waals surface area contributed by atoms with Crippen LogP contribution in [0.1, 0.15) is 56.8 Å². The summed E-state index contributed by atoms with van der Waals surface area (Å²) in [6.07, 6.45) is -0.980. The van der Waals surface area contributed by atoms with Crippen molar-refractivity contribution in [1.29, 1.82) is 0 Å². The van der Waals surface area contributed by atoms with Crippen molar-refractivity contribution in [2.75, 3.05) is 25.3 Å². The number of nitrogens with one attached hydrogen (secondary N) is 1. The van der Waals surface area contributed by atoms with E-state index in [1.54, 1.807) is 24.9 Å². The molecule has 3 unspecified atom stereocenters. The van der Waals surface area contributed by atoms with Crippen molar-refractivity contribution < 1.29 is 48.8 Å². The predicted molar refractivity (Wildman–Crippen MR) is 237 cm³/mol. The predicted octanol–water partition coefficient (Wildman–Crippen LogP) is 3.42. The molecule has 7 aromatic rings. The first-order valence-corrected chi connectivity index (χ1v) is 21.3. The van der Waals surface area contributed by atoms with Crippen LogP contribution in [0.15, 0.2) is 110 Å². The molecule has 0 aliphatic carbocycles. The zero-order valence-corrected chi connectivity index (χ0v) is 37.0. The van der Waals surface area contributed by atoms with E-state index in [2.05, 4.69) is 61.7 Å². The van der Waals surface area contributed by atoms with Crippen molar-refractivity contribution in [2.45, 2.75) is 100.0 Å². The summed E-state index contributed by atoms with van der Waals surface area (Å²) in [5.74, 6) is 1.49. The lowest BCUT2D eigenvalue weighted by molar-refractivity contribution is -0.271. The fourth-order valence-corrected chi connectivity index (χ4v) is 9.16. The van der Waals surface area contributed by atoms with Crippen LogP contribution in [0.2, 0.25) is 0 Å². The van der Waals surface area contributed by atoms with Crippen LogP contribution in [-0.2, 0) is 29.2 Å². The molecule has 3 saturated heterocycles. The van der Waals surface area contributed by atoms with Crippen LogP contribution in [-0.4, -0.2) is 128 Å². The van der Waals surface area contributed by atoms with Crippen molar-refractivity contribution in [1.82, 2.24) is 39.0 Å². The lowest BCUT2D eigenvalue weighted by Crippen LogP contribution is -2.45. The van der Waals surface area contributed by atoms with Crippen LogP contribution < -0.4 is 15.8 Å². The van der Waals surface area contributed by atoms with Gasteiger partial charge >= 0.3 is 0 Å². The summed E-state index contributed by atoms with van der Waals surface area (Å²) < 4.78 is 38.3. The third-order valence-corrected chi connectivity index (χ3v) is 12.6. The second kappa shape index (κ2) is 17.5. The molecule has 0 spiro atoms. The van der Waals surface area contributed by atoms with Gasteiger partial charge in [-0.3, -0.25) is 9.13 Å². The number of nitrogens with zero attached hydrogens (tertiary/aromatic N) is 8. The number of nitrogens with two attached hydrogens (primary N) is 1. The number of aliphatic hydroxyl groups excluding tert-OH is 3. The fraction of sp³-hybridized carbons (Fsp3) is 0.391. The molecule has 3 aliphatic rings. The number of fused-ring (bicyclic) bond motifs is 3. The van der Waals surface area contributed by atoms with Gasteiger partial charge in [-0.15, -0.1) is 0 Å². The molecule has 7 N–H and O–H groups in total. The molecule has 0 saturated carbocycles. The highest BCUT2D eigenvalue weighted by Gasteiger charge is 2.64. The van der Waals surface area contributed by atoms with Crippen LogP contribution in [0.25, 0.3) is 22.3 Å². The Morgan fingerprint density at radius 2 is 1.26 bits per heavy atom. The molecule has 3 aliphatic heterocycles. The first kappa shape index (κ1) is 45.0. The number of hydrogen-bond donors (Lipinski definition) is 6. The molecule has 20 nitrogen and oxygen atoms in total. The van der Waals surface area contributed by atoms with Crippen molar-refractivity contribution in [3.63, 3.8) is 0 Å². The van der Waals surface area contributed by atoms with Gasteiger partial charge in [0.1, 0.15) is 65.1 Å². The van der Waals surface area contributed by atoms with E-state index in [1.165, 1.54) is 44.5 Å². The molecule has 66 heavy (non-hydrogen) atoms. The summed E-state index contributed by atoms with van der Waals surface area (Å²) in [6, 6.07) is 28.4. The Hall–Kier alpha value is -6.20. The van der Waals surface area contributed by atoms with Crippen molar-refractivity contribution in [2.24, 2.45) is 0 Å². The minimum Gasteiger partial charge on any atom is -0.497 e. The molecule has 0 bridgehead atoms. The zero-order chi connectivity index (χ0) is 46.5. The molecule has 20 heteroatoms. The fourth-order valence-electron chi connectivity index (χ4n) is 9.16. The van der Waals surface area contributed by atoms with Gasteiger partial charge in [-0.25, -0.2) is 29.9 Å². The van der Waals surface area contributed by atoms with E-state index in [4.69, 9.17) is 44.1 Å². The Morgan fingerprint density at radius 1 is 0.712 bits per heavy atom. The van der Waals surface area contributed by atoms with Crippen LogP contribution in [0.5, 0.6) is 5.75 Å². The number of imidazole rings is 2. The molecule has 4 aromatic heterocycles. The van der Waals surface area contributed by atoms with E-state index in [1.807, 2.05) is 55.5 Å². The number of hydrogen-bond acceptors (Lipinski definition) is 18. The molecule has 11 atom stereocenters. The minimum absolute atomic E-state index is 0.212. The monoisotopic (exact) mass is 904 g/mol. The first-order valence-electron chi connectivity index (χ1n) is 21.3. The summed E-state index contributed by atoms with van der Waals surface area (Å²) >= 11 is 0. The van der Waals surface area contributed by atoms with Gasteiger partial charge in [0.05, 0.1) is 32.0 Å². The van der Waals surface area contributed by atoms with E-state index in [-0.39, 0.29) is 5.82 Å². The molecule has 10 rings (SSSR count). The van der Waals surface area contributed by atoms with Crippen LogP contribution in [0.4, 0.5) is 11.6 Å². The number of aliphatic hydroxyl groups is 4. The highest BCUT2D eigenvalue weighted by atomic mass is 16.9. The Morgan fingerprint density at radius 3 is 1.83 bits per heavy atom. The highest BCUT2D eigenvalue weighted by molar-refractivity contribution is 5.84. The number of anilines is 2. The summed E-state index contributed by atoms with van der Waals surface area (Å²) in [5, 5.41) is 44.7. The van der Waals surface area contributed by atoms with Gasteiger partial charge in [-0.2, -0.15) is 0 Å². The first-order chi connectivity index (χ1) is 31.7. The quantitative estimate of drug-likeness (QED) is 0.102. The number of methoxy groups -OCH3 is 2. The van der Waals surface area contributed by atoms with E-state index < -0.39 is 72.3 Å². The van der Waals surface area contributed by atoms with Gasteiger partial charge < -0.3 is 59.9 Å². The molecule has 0 amide bonds. The van der Waals surface area contributed by atoms with Gasteiger partial charge in [0.2, 0.25) is 0 Å². The smallest absolute Gasteiger partial charge is 0.272 e. The van der Waals surface area contributed by atoms with Gasteiger partial charge in [0, 0.05) is 7.11 Å². The molecular weight excluding hydrogens is 853 g/mol. The Kier molecular flexibility index (Phi) is 12.0. The van der Waals surface area contributed by atoms with E-state index in [0.29, 0.717) is 28.1 Å². The van der Waals surface area contributed by atoms with Crippen molar-refractivity contribution in [3.05, 3.63) is 127 Å². The second-order valence-corrected chi connectivity index (χ2v) is 16.9. The number of nitrogen functional groups attached to an aromatic ring is 1. The average Bonchev–Trinajstić information content (AvgIpc) is 4.13. The lowest BCUT2D eigenvalue weighted by Gasteiger charge is -2.37. The molecule has 3 aromatic carbocycles. The molecule has 3 fully saturated rings. The number of rotatable bonds is 11. The van der Waals surface area contributed by atoms with Gasteiger partial charge in [0.15, 0.2) is 40.9 Å². The average molecular weight is 905 g/mol. The third-order valence-electron chi connectivity index (χ3n) is 12.6. The third kappa shape index (κ3) is 7.49. The van der Waals surface area contributed by atoms with Gasteiger partial charge in [-0.1, -0.05) is 72.8 Å². The number of ether oxygens (including phenoxy) is 6. The maximum absolute atomic E-state index is 10.6. The van der Waals surface area contributed by atoms with Gasteiger partial charge in [-0.05, 0) is 56.5 Å². The largest absolute Gasteiger partial charge is 0.497 e. The SMILES string of the molecule is COc1ccc(C(Nc2ncnc3c2ncn3[C@@H]2OC([C@H](C)O)[C@H]3OC(OC)O[C@]32C)(c2ccccc2)c2ccccc2)cc1.C[C@H](O)C1O[C@@H](n2cnc3c(N)ncnc32)[C@](C)(O)[C@@H]1O. The Labute approximate surface area is 378 Å². The lowest BCUT2D eigenvalue weighted by atomic mass is 9.77. The molecular formula is C46H52N10O10. The molecule has 0 radical (unpaired) electrons. The second-order valence-electron chi connectivity index (χ2n) is 16.9. The standard InChI is InChI=1S/C34H35N5O6.C12H17N5O4/c1-21(40)27-28-33(2,45-32(42-4)44-28)31(43-27)39-20-37-26-29(35-19-36-30(26)39)38-34(22-11-7-5-8-12-22,23-13-9-6-10-14-23)24-15-17-25(41-3)18-16-24;1-5(18)7-8(19)12(2,20)11(21-7)17-4-16-6-9(13)14-3-15-10(6)17/h5-21,27-28,31-32,40H,1-4H3,(H,35,36,38);3-5,7-8,11,18-20H,1-2H3,(H2,13,14,15)/t21-,27?,28+,31+,32?,33+;5-,7?,8+,11+,12+/m00/s1. The number of benzene rings is 3. The van der Waals surface area contributed by atoms with Crippen molar-refractivity contribution >= 4 is 34.0 Å². The Bertz CT molecular complexity index is 2740. The highest BCUT2D eigenvalue weighted by Crippen LogP contribution is 2.50. The minimum atomic E-state index is -1.62. The number of aromatic nitrogens is 8. The van der Waals surface area contributed by atoms with Crippen LogP contribution in [0.3, 0.4) is 0 Å². The summed E-state index contributed by atoms with van der Waals surface area (Å²) in [6.45, 7) is 5.57. The van der Waals surface area contributed by atoms with Crippen LogP contribution >= 0.6 is 0 Å². The Balaban J connectivity index is 0.000000218.